The summed E-state index contributed by atoms with van der Waals surface area (Å²) in [6.07, 6.45) is 1.68. The van der Waals surface area contributed by atoms with E-state index in [0.717, 1.165) is 5.76 Å². The van der Waals surface area contributed by atoms with Gasteiger partial charge >= 0.3 is 0 Å². The molecule has 1 rings (SSSR count). The Bertz CT molecular complexity index is 271. The van der Waals surface area contributed by atoms with Gasteiger partial charge in [-0.2, -0.15) is 0 Å². The molecule has 0 amide bonds. The van der Waals surface area contributed by atoms with Gasteiger partial charge in [0.2, 0.25) is 5.89 Å². The maximum Gasteiger partial charge on any atom is 0.208 e. The second kappa shape index (κ2) is 5.12. The molecule has 0 aliphatic carbocycles. The maximum absolute atomic E-state index is 5.49. The molecule has 1 atom stereocenters. The molecule has 1 heterocycles. The number of oxazole rings is 1. The van der Waals surface area contributed by atoms with Crippen LogP contribution in [0.4, 0.5) is 0 Å². The Hall–Kier alpha value is -0.870. The summed E-state index contributed by atoms with van der Waals surface area (Å²) < 4.78 is 10.6. The largest absolute Gasteiger partial charge is 0.442 e. The Morgan fingerprint density at radius 3 is 2.79 bits per heavy atom. The van der Waals surface area contributed by atoms with Crippen LogP contribution in [0, 0.1) is 0 Å². The fraction of sp³-hybridized carbons (Fsp3) is 0.700. The van der Waals surface area contributed by atoms with Gasteiger partial charge in [0.1, 0.15) is 6.10 Å². The Morgan fingerprint density at radius 1 is 1.50 bits per heavy atom. The molecule has 1 aromatic heterocycles. The van der Waals surface area contributed by atoms with Gasteiger partial charge in [-0.1, -0.05) is 13.8 Å². The van der Waals surface area contributed by atoms with E-state index in [2.05, 4.69) is 24.1 Å². The summed E-state index contributed by atoms with van der Waals surface area (Å²) in [5.74, 6) is 1.48. The number of methoxy groups -OCH3 is 1. The van der Waals surface area contributed by atoms with Crippen molar-refractivity contribution in [2.24, 2.45) is 0 Å². The van der Waals surface area contributed by atoms with Crippen molar-refractivity contribution in [2.75, 3.05) is 7.11 Å². The summed E-state index contributed by atoms with van der Waals surface area (Å²) in [5, 5.41) is 3.23. The second-order valence-corrected chi connectivity index (χ2v) is 3.57. The zero-order chi connectivity index (χ0) is 10.6. The highest BCUT2D eigenvalue weighted by Gasteiger charge is 2.10. The average molecular weight is 198 g/mol. The van der Waals surface area contributed by atoms with E-state index in [1.165, 1.54) is 0 Å². The SMILES string of the molecule is COC(C)c1cnc(CNC(C)C)o1. The van der Waals surface area contributed by atoms with Crippen molar-refractivity contribution in [3.05, 3.63) is 17.8 Å². The minimum absolute atomic E-state index is 0.0321. The number of hydrogen-bond acceptors (Lipinski definition) is 4. The summed E-state index contributed by atoms with van der Waals surface area (Å²) in [6, 6.07) is 0.435. The third-order valence-electron chi connectivity index (χ3n) is 1.99. The number of nitrogens with zero attached hydrogens (tertiary/aromatic N) is 1. The van der Waals surface area contributed by atoms with Crippen molar-refractivity contribution in [2.45, 2.75) is 39.5 Å². The van der Waals surface area contributed by atoms with E-state index in [1.807, 2.05) is 6.92 Å². The fourth-order valence-electron chi connectivity index (χ4n) is 1.00. The Labute approximate surface area is 84.7 Å². The van der Waals surface area contributed by atoms with Gasteiger partial charge in [-0.05, 0) is 6.92 Å². The maximum atomic E-state index is 5.49. The van der Waals surface area contributed by atoms with Crippen molar-refractivity contribution < 1.29 is 9.15 Å². The molecule has 0 aromatic carbocycles. The van der Waals surface area contributed by atoms with E-state index in [-0.39, 0.29) is 6.10 Å². The highest BCUT2D eigenvalue weighted by Crippen LogP contribution is 2.16. The lowest BCUT2D eigenvalue weighted by molar-refractivity contribution is 0.0981. The van der Waals surface area contributed by atoms with Crippen LogP contribution in [0.15, 0.2) is 10.6 Å². The van der Waals surface area contributed by atoms with Crippen LogP contribution in [0.5, 0.6) is 0 Å². The van der Waals surface area contributed by atoms with Crippen LogP contribution in [-0.4, -0.2) is 18.1 Å². The van der Waals surface area contributed by atoms with E-state index < -0.39 is 0 Å². The Kier molecular flexibility index (Phi) is 4.10. The van der Waals surface area contributed by atoms with Gasteiger partial charge in [-0.25, -0.2) is 4.98 Å². The van der Waals surface area contributed by atoms with Gasteiger partial charge in [0.25, 0.3) is 0 Å². The molecule has 4 heteroatoms. The van der Waals surface area contributed by atoms with Gasteiger partial charge in [0, 0.05) is 13.2 Å². The van der Waals surface area contributed by atoms with Crippen LogP contribution in [0.2, 0.25) is 0 Å². The van der Waals surface area contributed by atoms with E-state index in [9.17, 15) is 0 Å². The first kappa shape index (κ1) is 11.2. The highest BCUT2D eigenvalue weighted by atomic mass is 16.5. The quantitative estimate of drug-likeness (QED) is 0.784. The van der Waals surface area contributed by atoms with E-state index in [4.69, 9.17) is 9.15 Å². The Morgan fingerprint density at radius 2 is 2.21 bits per heavy atom. The number of rotatable bonds is 5. The first-order valence-electron chi connectivity index (χ1n) is 4.84. The Balaban J connectivity index is 2.50. The zero-order valence-corrected chi connectivity index (χ0v) is 9.20. The second-order valence-electron chi connectivity index (χ2n) is 3.57. The smallest absolute Gasteiger partial charge is 0.208 e. The van der Waals surface area contributed by atoms with Gasteiger partial charge in [0.15, 0.2) is 5.76 Å². The molecule has 0 bridgehead atoms. The topological polar surface area (TPSA) is 47.3 Å². The lowest BCUT2D eigenvalue weighted by Gasteiger charge is -2.05. The van der Waals surface area contributed by atoms with Crippen molar-refractivity contribution in [1.29, 1.82) is 0 Å². The predicted octanol–water partition coefficient (Wildman–Crippen LogP) is 1.88. The molecule has 0 aliphatic rings. The van der Waals surface area contributed by atoms with Crippen LogP contribution in [0.3, 0.4) is 0 Å². The monoisotopic (exact) mass is 198 g/mol. The van der Waals surface area contributed by atoms with Crippen LogP contribution in [0.1, 0.15) is 38.5 Å². The van der Waals surface area contributed by atoms with E-state index in [1.54, 1.807) is 13.3 Å². The molecule has 1 aromatic rings. The van der Waals surface area contributed by atoms with Gasteiger partial charge < -0.3 is 14.5 Å². The number of aromatic nitrogens is 1. The summed E-state index contributed by atoms with van der Waals surface area (Å²) in [7, 11) is 1.65. The summed E-state index contributed by atoms with van der Waals surface area (Å²) >= 11 is 0. The number of hydrogen-bond donors (Lipinski definition) is 1. The third-order valence-corrected chi connectivity index (χ3v) is 1.99. The van der Waals surface area contributed by atoms with Gasteiger partial charge in [0.05, 0.1) is 12.7 Å². The van der Waals surface area contributed by atoms with Crippen molar-refractivity contribution >= 4 is 0 Å². The van der Waals surface area contributed by atoms with Crippen LogP contribution >= 0.6 is 0 Å². The first-order chi connectivity index (χ1) is 6.63. The molecule has 0 aliphatic heterocycles. The lowest BCUT2D eigenvalue weighted by Crippen LogP contribution is -2.21. The molecule has 0 fully saturated rings. The third kappa shape index (κ3) is 3.12. The average Bonchev–Trinajstić information content (AvgIpc) is 2.62. The molecule has 0 saturated carbocycles. The number of ether oxygens (including phenoxy) is 1. The molecule has 0 saturated heterocycles. The standard InChI is InChI=1S/C10H18N2O2/c1-7(2)11-6-10-12-5-9(14-10)8(3)13-4/h5,7-8,11H,6H2,1-4H3. The van der Waals surface area contributed by atoms with Crippen molar-refractivity contribution in [3.63, 3.8) is 0 Å². The predicted molar refractivity (Wildman–Crippen MR) is 53.9 cm³/mol. The lowest BCUT2D eigenvalue weighted by atomic mass is 10.3. The minimum Gasteiger partial charge on any atom is -0.442 e. The molecule has 1 N–H and O–H groups in total. The van der Waals surface area contributed by atoms with E-state index in [0.29, 0.717) is 18.5 Å². The van der Waals surface area contributed by atoms with Crippen molar-refractivity contribution in [1.82, 2.24) is 10.3 Å². The van der Waals surface area contributed by atoms with Gasteiger partial charge in [-0.15, -0.1) is 0 Å². The normalized spacial score (nSPS) is 13.5. The summed E-state index contributed by atoms with van der Waals surface area (Å²) in [6.45, 7) is 6.76. The molecule has 80 valence electrons. The van der Waals surface area contributed by atoms with E-state index >= 15 is 0 Å². The van der Waals surface area contributed by atoms with Crippen molar-refractivity contribution in [3.8, 4) is 0 Å². The molecule has 14 heavy (non-hydrogen) atoms. The zero-order valence-electron chi connectivity index (χ0n) is 9.20. The van der Waals surface area contributed by atoms with Gasteiger partial charge in [-0.3, -0.25) is 0 Å². The highest BCUT2D eigenvalue weighted by molar-refractivity contribution is 4.97. The molecule has 1 unspecified atom stereocenters. The van der Waals surface area contributed by atoms with Crippen LogP contribution in [-0.2, 0) is 11.3 Å². The molecular formula is C10H18N2O2. The molecule has 0 spiro atoms. The first-order valence-corrected chi connectivity index (χ1v) is 4.84. The van der Waals surface area contributed by atoms with Crippen LogP contribution in [0.25, 0.3) is 0 Å². The molecule has 0 radical (unpaired) electrons. The summed E-state index contributed by atoms with van der Waals surface area (Å²) in [4.78, 5) is 4.15. The molecule has 4 nitrogen and oxygen atoms in total. The number of nitrogens with one attached hydrogen (secondary N) is 1. The minimum atomic E-state index is -0.0321. The summed E-state index contributed by atoms with van der Waals surface area (Å²) in [5.41, 5.74) is 0. The fourth-order valence-corrected chi connectivity index (χ4v) is 1.00. The van der Waals surface area contributed by atoms with Crippen LogP contribution < -0.4 is 5.32 Å². The molecular weight excluding hydrogens is 180 g/mol.